The zero-order valence-electron chi connectivity index (χ0n) is 14.3. The third-order valence-corrected chi connectivity index (χ3v) is 4.61. The Morgan fingerprint density at radius 1 is 1.43 bits per heavy atom. The molecule has 1 aromatic heterocycles. The first-order valence-corrected chi connectivity index (χ1v) is 8.36. The lowest BCUT2D eigenvalue weighted by molar-refractivity contribution is -0.0598. The van der Waals surface area contributed by atoms with Crippen LogP contribution in [0, 0.1) is 6.92 Å². The van der Waals surface area contributed by atoms with Crippen molar-refractivity contribution in [3.8, 4) is 0 Å². The zero-order valence-corrected chi connectivity index (χ0v) is 14.3. The van der Waals surface area contributed by atoms with Crippen LogP contribution in [0.2, 0.25) is 0 Å². The second-order valence-electron chi connectivity index (χ2n) is 6.36. The van der Waals surface area contributed by atoms with Crippen LogP contribution in [-0.2, 0) is 6.54 Å². The van der Waals surface area contributed by atoms with Gasteiger partial charge in [0.2, 0.25) is 0 Å². The maximum absolute atomic E-state index is 12.7. The molecule has 1 saturated heterocycles. The number of aryl methyl sites for hydroxylation is 1. The number of nitrogens with zero attached hydrogens (tertiary/aromatic N) is 2. The van der Waals surface area contributed by atoms with Crippen molar-refractivity contribution in [2.75, 3.05) is 32.8 Å². The fraction of sp³-hybridized carbons (Fsp3) is 0.706. The number of aliphatic hydroxyl groups excluding tert-OH is 1. The number of hydrogen-bond acceptors (Lipinski definition) is 5. The first-order chi connectivity index (χ1) is 10.9. The molecule has 6 heteroatoms. The normalized spacial score (nSPS) is 21.9. The van der Waals surface area contributed by atoms with E-state index in [9.17, 15) is 15.0 Å². The molecule has 2 N–H and O–H groups in total. The van der Waals surface area contributed by atoms with Gasteiger partial charge in [0.15, 0.2) is 0 Å². The van der Waals surface area contributed by atoms with Crippen LogP contribution in [0.3, 0.4) is 0 Å². The molecule has 0 aliphatic carbocycles. The van der Waals surface area contributed by atoms with Gasteiger partial charge in [0.05, 0.1) is 25.3 Å². The number of β-amino-alcohol motifs (C(OH)–C–C–N with tert-alkyl or cyclic N) is 1. The molecular formula is C17H28N2O4. The summed E-state index contributed by atoms with van der Waals surface area (Å²) in [7, 11) is 0. The molecule has 2 rings (SSSR count). The number of likely N-dealkylation sites (tertiary alicyclic amines) is 1. The van der Waals surface area contributed by atoms with Crippen LogP contribution in [0.4, 0.5) is 0 Å². The molecule has 1 aliphatic heterocycles. The van der Waals surface area contributed by atoms with E-state index >= 15 is 0 Å². The molecule has 23 heavy (non-hydrogen) atoms. The second kappa shape index (κ2) is 7.47. The number of rotatable bonds is 6. The molecule has 1 fully saturated rings. The van der Waals surface area contributed by atoms with Crippen LogP contribution in [-0.4, -0.2) is 64.3 Å². The van der Waals surface area contributed by atoms with E-state index in [2.05, 4.69) is 18.7 Å². The number of aliphatic hydroxyl groups is 2. The Hall–Kier alpha value is -1.37. The Bertz CT molecular complexity index is 539. The zero-order chi connectivity index (χ0) is 17.0. The summed E-state index contributed by atoms with van der Waals surface area (Å²) in [5.74, 6) is 1.25. The summed E-state index contributed by atoms with van der Waals surface area (Å²) >= 11 is 0. The Morgan fingerprint density at radius 2 is 2.13 bits per heavy atom. The van der Waals surface area contributed by atoms with Gasteiger partial charge in [0.25, 0.3) is 5.91 Å². The molecule has 130 valence electrons. The third-order valence-electron chi connectivity index (χ3n) is 4.61. The Morgan fingerprint density at radius 3 is 2.74 bits per heavy atom. The third kappa shape index (κ3) is 4.13. The van der Waals surface area contributed by atoms with Crippen molar-refractivity contribution in [2.45, 2.75) is 45.8 Å². The molecule has 0 saturated carbocycles. The Kier molecular flexibility index (Phi) is 5.84. The lowest BCUT2D eigenvalue weighted by atomic mass is 9.93. The molecule has 1 atom stereocenters. The lowest BCUT2D eigenvalue weighted by Gasteiger charge is -2.37. The summed E-state index contributed by atoms with van der Waals surface area (Å²) in [4.78, 5) is 16.6. The van der Waals surface area contributed by atoms with Gasteiger partial charge in [-0.15, -0.1) is 0 Å². The highest BCUT2D eigenvalue weighted by Crippen LogP contribution is 2.24. The molecule has 1 amide bonds. The summed E-state index contributed by atoms with van der Waals surface area (Å²) in [5, 5.41) is 19.6. The second-order valence-corrected chi connectivity index (χ2v) is 6.36. The molecule has 6 nitrogen and oxygen atoms in total. The highest BCUT2D eigenvalue weighted by atomic mass is 16.3. The SMILES string of the molecule is CCN(CC)Cc1cc(C(=O)N2CCC[C@@](O)(CO)C2)c(C)o1. The first kappa shape index (κ1) is 18.0. The van der Waals surface area contributed by atoms with E-state index in [0.717, 1.165) is 18.8 Å². The first-order valence-electron chi connectivity index (χ1n) is 8.36. The van der Waals surface area contributed by atoms with Crippen LogP contribution in [0.1, 0.15) is 48.6 Å². The molecule has 0 radical (unpaired) electrons. The maximum atomic E-state index is 12.7. The fourth-order valence-electron chi connectivity index (χ4n) is 3.09. The van der Waals surface area contributed by atoms with Crippen LogP contribution in [0.15, 0.2) is 10.5 Å². The van der Waals surface area contributed by atoms with Crippen LogP contribution in [0.25, 0.3) is 0 Å². The van der Waals surface area contributed by atoms with E-state index in [0.29, 0.717) is 37.3 Å². The van der Waals surface area contributed by atoms with Gasteiger partial charge >= 0.3 is 0 Å². The molecule has 1 aromatic rings. The monoisotopic (exact) mass is 324 g/mol. The van der Waals surface area contributed by atoms with Gasteiger partial charge in [0, 0.05) is 6.54 Å². The van der Waals surface area contributed by atoms with E-state index in [1.54, 1.807) is 11.8 Å². The number of furan rings is 1. The summed E-state index contributed by atoms with van der Waals surface area (Å²) < 4.78 is 5.74. The summed E-state index contributed by atoms with van der Waals surface area (Å²) in [6, 6.07) is 1.81. The number of amides is 1. The molecule has 0 bridgehead atoms. The average molecular weight is 324 g/mol. The highest BCUT2D eigenvalue weighted by Gasteiger charge is 2.35. The lowest BCUT2D eigenvalue weighted by Crippen LogP contribution is -2.52. The minimum atomic E-state index is -1.18. The fourth-order valence-corrected chi connectivity index (χ4v) is 3.09. The minimum Gasteiger partial charge on any atom is -0.464 e. The quantitative estimate of drug-likeness (QED) is 0.827. The van der Waals surface area contributed by atoms with Gasteiger partial charge in [0.1, 0.15) is 17.1 Å². The van der Waals surface area contributed by atoms with Gasteiger partial charge in [-0.1, -0.05) is 13.8 Å². The van der Waals surface area contributed by atoms with Crippen molar-refractivity contribution < 1.29 is 19.4 Å². The topological polar surface area (TPSA) is 77.2 Å². The number of carbonyl (C=O) groups excluding carboxylic acids is 1. The predicted molar refractivity (Wildman–Crippen MR) is 87.2 cm³/mol. The Labute approximate surface area is 137 Å². The predicted octanol–water partition coefficient (Wildman–Crippen LogP) is 1.39. The van der Waals surface area contributed by atoms with Gasteiger partial charge in [-0.3, -0.25) is 9.69 Å². The average Bonchev–Trinajstić information content (AvgIpc) is 2.92. The molecular weight excluding hydrogens is 296 g/mol. The maximum Gasteiger partial charge on any atom is 0.257 e. The van der Waals surface area contributed by atoms with E-state index in [1.807, 2.05) is 6.07 Å². The van der Waals surface area contributed by atoms with Crippen molar-refractivity contribution in [2.24, 2.45) is 0 Å². The standard InChI is InChI=1S/C17H28N2O4/c1-4-18(5-2)10-14-9-15(13(3)23-14)16(21)19-8-6-7-17(22,11-19)12-20/h9,20,22H,4-8,10-12H2,1-3H3/t17-/m0/s1. The molecule has 2 heterocycles. The van der Waals surface area contributed by atoms with Crippen molar-refractivity contribution in [3.05, 3.63) is 23.2 Å². The van der Waals surface area contributed by atoms with Crippen molar-refractivity contribution in [1.82, 2.24) is 9.80 Å². The number of piperidine rings is 1. The van der Waals surface area contributed by atoms with Crippen LogP contribution >= 0.6 is 0 Å². The van der Waals surface area contributed by atoms with Crippen molar-refractivity contribution in [3.63, 3.8) is 0 Å². The molecule has 1 aliphatic rings. The number of carbonyl (C=O) groups is 1. The molecule has 0 spiro atoms. The van der Waals surface area contributed by atoms with Crippen molar-refractivity contribution >= 4 is 5.91 Å². The Balaban J connectivity index is 2.12. The largest absolute Gasteiger partial charge is 0.464 e. The van der Waals surface area contributed by atoms with Gasteiger partial charge in [-0.2, -0.15) is 0 Å². The summed E-state index contributed by atoms with van der Waals surface area (Å²) in [6.45, 7) is 8.95. The van der Waals surface area contributed by atoms with Crippen LogP contribution < -0.4 is 0 Å². The van der Waals surface area contributed by atoms with Gasteiger partial charge in [-0.25, -0.2) is 0 Å². The minimum absolute atomic E-state index is 0.136. The van der Waals surface area contributed by atoms with E-state index in [4.69, 9.17) is 4.42 Å². The van der Waals surface area contributed by atoms with Gasteiger partial charge in [-0.05, 0) is 38.9 Å². The smallest absolute Gasteiger partial charge is 0.257 e. The van der Waals surface area contributed by atoms with E-state index < -0.39 is 5.60 Å². The molecule has 0 aromatic carbocycles. The van der Waals surface area contributed by atoms with E-state index in [-0.39, 0.29) is 19.1 Å². The summed E-state index contributed by atoms with van der Waals surface area (Å²) in [6.07, 6.45) is 1.21. The van der Waals surface area contributed by atoms with Gasteiger partial charge < -0.3 is 19.5 Å². The van der Waals surface area contributed by atoms with E-state index in [1.165, 1.54) is 0 Å². The highest BCUT2D eigenvalue weighted by molar-refractivity contribution is 5.95. The van der Waals surface area contributed by atoms with Crippen molar-refractivity contribution in [1.29, 1.82) is 0 Å². The molecule has 0 unspecified atom stereocenters. The summed E-state index contributed by atoms with van der Waals surface area (Å²) in [5.41, 5.74) is -0.635. The number of hydrogen-bond donors (Lipinski definition) is 2. The van der Waals surface area contributed by atoms with Crippen LogP contribution in [0.5, 0.6) is 0 Å².